The number of carbonyl (C=O) groups is 1. The number of likely N-dealkylation sites (N-methyl/N-ethyl adjacent to an activating group) is 1. The quantitative estimate of drug-likeness (QED) is 0.787. The summed E-state index contributed by atoms with van der Waals surface area (Å²) in [4.78, 5) is 14.7. The van der Waals surface area contributed by atoms with Crippen molar-refractivity contribution in [1.29, 1.82) is 0 Å². The smallest absolute Gasteiger partial charge is 0.237 e. The summed E-state index contributed by atoms with van der Waals surface area (Å²) in [6.07, 6.45) is 2.47. The van der Waals surface area contributed by atoms with E-state index in [1.54, 1.807) is 0 Å². The van der Waals surface area contributed by atoms with Crippen LogP contribution in [0.15, 0.2) is 30.5 Å². The number of nitrogens with one attached hydrogen (secondary N) is 2. The first-order valence-corrected chi connectivity index (χ1v) is 5.80. The largest absolute Gasteiger partial charge is 0.361 e. The van der Waals surface area contributed by atoms with Crippen molar-refractivity contribution in [3.05, 3.63) is 36.0 Å². The van der Waals surface area contributed by atoms with Gasteiger partial charge in [-0.15, -0.1) is 12.4 Å². The molecule has 5 heteroatoms. The van der Waals surface area contributed by atoms with Crippen LogP contribution < -0.4 is 11.1 Å². The SMILES string of the molecule is CCNC(=O)[C@H](N)Cc1c[nH]c2ccccc12.Cl. The van der Waals surface area contributed by atoms with Crippen molar-refractivity contribution in [2.45, 2.75) is 19.4 Å². The van der Waals surface area contributed by atoms with E-state index >= 15 is 0 Å². The van der Waals surface area contributed by atoms with Crippen molar-refractivity contribution in [2.24, 2.45) is 5.73 Å². The van der Waals surface area contributed by atoms with Crippen LogP contribution in [-0.2, 0) is 11.2 Å². The average molecular weight is 268 g/mol. The van der Waals surface area contributed by atoms with Crippen LogP contribution in [0.25, 0.3) is 10.9 Å². The van der Waals surface area contributed by atoms with E-state index in [4.69, 9.17) is 5.73 Å². The third kappa shape index (κ3) is 3.03. The standard InChI is InChI=1S/C13H17N3O.ClH/c1-2-15-13(17)11(14)7-9-8-16-12-6-4-3-5-10(9)12;/h3-6,8,11,16H,2,7,14H2,1H3,(H,15,17);1H/t11-;/m1./s1. The van der Waals surface area contributed by atoms with Crippen molar-refractivity contribution in [3.63, 3.8) is 0 Å². The molecular weight excluding hydrogens is 250 g/mol. The van der Waals surface area contributed by atoms with E-state index in [0.29, 0.717) is 13.0 Å². The Balaban J connectivity index is 0.00000162. The van der Waals surface area contributed by atoms with E-state index in [1.165, 1.54) is 0 Å². The zero-order valence-corrected chi connectivity index (χ0v) is 11.1. The Morgan fingerprint density at radius 3 is 2.89 bits per heavy atom. The fourth-order valence-corrected chi connectivity index (χ4v) is 1.94. The first kappa shape index (κ1) is 14.5. The van der Waals surface area contributed by atoms with E-state index < -0.39 is 6.04 Å². The molecule has 1 aromatic carbocycles. The maximum Gasteiger partial charge on any atom is 0.237 e. The summed E-state index contributed by atoms with van der Waals surface area (Å²) in [7, 11) is 0. The summed E-state index contributed by atoms with van der Waals surface area (Å²) in [6, 6.07) is 7.51. The highest BCUT2D eigenvalue weighted by atomic mass is 35.5. The highest BCUT2D eigenvalue weighted by Gasteiger charge is 2.14. The summed E-state index contributed by atoms with van der Waals surface area (Å²) < 4.78 is 0. The molecule has 0 spiro atoms. The van der Waals surface area contributed by atoms with E-state index in [-0.39, 0.29) is 18.3 Å². The number of hydrogen-bond donors (Lipinski definition) is 3. The Labute approximate surface area is 112 Å². The fraction of sp³-hybridized carbons (Fsp3) is 0.308. The molecule has 0 radical (unpaired) electrons. The molecule has 0 saturated carbocycles. The average Bonchev–Trinajstić information content (AvgIpc) is 2.73. The number of halogens is 1. The molecule has 4 N–H and O–H groups in total. The lowest BCUT2D eigenvalue weighted by molar-refractivity contribution is -0.122. The molecule has 0 saturated heterocycles. The second-order valence-electron chi connectivity index (χ2n) is 4.06. The molecule has 98 valence electrons. The minimum atomic E-state index is -0.492. The van der Waals surface area contributed by atoms with Gasteiger partial charge in [0, 0.05) is 23.6 Å². The van der Waals surface area contributed by atoms with Gasteiger partial charge in [0.1, 0.15) is 0 Å². The molecule has 2 aromatic rings. The maximum atomic E-state index is 11.6. The third-order valence-electron chi connectivity index (χ3n) is 2.80. The number of rotatable bonds is 4. The number of aromatic amines is 1. The second-order valence-corrected chi connectivity index (χ2v) is 4.06. The lowest BCUT2D eigenvalue weighted by atomic mass is 10.1. The van der Waals surface area contributed by atoms with Crippen molar-refractivity contribution in [3.8, 4) is 0 Å². The second kappa shape index (κ2) is 6.42. The Morgan fingerprint density at radius 1 is 1.44 bits per heavy atom. The van der Waals surface area contributed by atoms with Gasteiger partial charge >= 0.3 is 0 Å². The van der Waals surface area contributed by atoms with E-state index in [1.807, 2.05) is 37.4 Å². The Morgan fingerprint density at radius 2 is 2.17 bits per heavy atom. The van der Waals surface area contributed by atoms with Gasteiger partial charge in [-0.25, -0.2) is 0 Å². The minimum absolute atomic E-state index is 0. The summed E-state index contributed by atoms with van der Waals surface area (Å²) in [5.41, 5.74) is 8.02. The summed E-state index contributed by atoms with van der Waals surface area (Å²) in [6.45, 7) is 2.50. The zero-order valence-electron chi connectivity index (χ0n) is 10.3. The van der Waals surface area contributed by atoms with Crippen LogP contribution in [0.1, 0.15) is 12.5 Å². The minimum Gasteiger partial charge on any atom is -0.361 e. The number of fused-ring (bicyclic) bond motifs is 1. The molecule has 1 heterocycles. The first-order chi connectivity index (χ1) is 8.22. The zero-order chi connectivity index (χ0) is 12.3. The molecule has 1 aromatic heterocycles. The highest BCUT2D eigenvalue weighted by Crippen LogP contribution is 2.18. The van der Waals surface area contributed by atoms with Crippen molar-refractivity contribution < 1.29 is 4.79 Å². The molecule has 18 heavy (non-hydrogen) atoms. The Bertz CT molecular complexity index is 524. The maximum absolute atomic E-state index is 11.6. The van der Waals surface area contributed by atoms with Crippen LogP contribution in [0.3, 0.4) is 0 Å². The van der Waals surface area contributed by atoms with E-state index in [2.05, 4.69) is 10.3 Å². The molecule has 0 bridgehead atoms. The van der Waals surface area contributed by atoms with Crippen molar-refractivity contribution >= 4 is 29.2 Å². The predicted octanol–water partition coefficient (Wildman–Crippen LogP) is 1.60. The van der Waals surface area contributed by atoms with Crippen LogP contribution in [0, 0.1) is 0 Å². The molecular formula is C13H18ClN3O. The van der Waals surface area contributed by atoms with Gasteiger partial charge < -0.3 is 16.0 Å². The Hall–Kier alpha value is -1.52. The van der Waals surface area contributed by atoms with Gasteiger partial charge in [-0.3, -0.25) is 4.79 Å². The molecule has 0 unspecified atom stereocenters. The molecule has 0 fully saturated rings. The van der Waals surface area contributed by atoms with Gasteiger partial charge in [0.05, 0.1) is 6.04 Å². The highest BCUT2D eigenvalue weighted by molar-refractivity contribution is 5.86. The number of para-hydroxylation sites is 1. The first-order valence-electron chi connectivity index (χ1n) is 5.80. The monoisotopic (exact) mass is 267 g/mol. The number of carbonyl (C=O) groups excluding carboxylic acids is 1. The van der Waals surface area contributed by atoms with E-state index in [9.17, 15) is 4.79 Å². The lowest BCUT2D eigenvalue weighted by Gasteiger charge is -2.10. The molecule has 0 aliphatic carbocycles. The van der Waals surface area contributed by atoms with E-state index in [0.717, 1.165) is 16.5 Å². The van der Waals surface area contributed by atoms with Gasteiger partial charge in [0.2, 0.25) is 5.91 Å². The van der Waals surface area contributed by atoms with Crippen molar-refractivity contribution in [2.75, 3.05) is 6.54 Å². The van der Waals surface area contributed by atoms with Crippen LogP contribution in [0.4, 0.5) is 0 Å². The van der Waals surface area contributed by atoms with Crippen LogP contribution in [0.5, 0.6) is 0 Å². The molecule has 4 nitrogen and oxygen atoms in total. The number of H-pyrrole nitrogens is 1. The van der Waals surface area contributed by atoms with Crippen LogP contribution in [0.2, 0.25) is 0 Å². The third-order valence-corrected chi connectivity index (χ3v) is 2.80. The number of nitrogens with two attached hydrogens (primary N) is 1. The molecule has 1 amide bonds. The molecule has 2 rings (SSSR count). The van der Waals surface area contributed by atoms with Crippen LogP contribution in [-0.4, -0.2) is 23.5 Å². The van der Waals surface area contributed by atoms with Gasteiger partial charge in [0.25, 0.3) is 0 Å². The van der Waals surface area contributed by atoms with Gasteiger partial charge in [0.15, 0.2) is 0 Å². The molecule has 1 atom stereocenters. The Kier molecular flexibility index (Phi) is 5.19. The van der Waals surface area contributed by atoms with Crippen molar-refractivity contribution in [1.82, 2.24) is 10.3 Å². The normalized spacial score (nSPS) is 11.9. The summed E-state index contributed by atoms with van der Waals surface area (Å²) >= 11 is 0. The topological polar surface area (TPSA) is 70.9 Å². The lowest BCUT2D eigenvalue weighted by Crippen LogP contribution is -2.41. The summed E-state index contributed by atoms with van der Waals surface area (Å²) in [5, 5.41) is 3.86. The van der Waals surface area contributed by atoms with Crippen LogP contribution >= 0.6 is 12.4 Å². The summed E-state index contributed by atoms with van der Waals surface area (Å²) in [5.74, 6) is -0.0993. The fourth-order valence-electron chi connectivity index (χ4n) is 1.94. The molecule has 0 aliphatic heterocycles. The number of hydrogen-bond acceptors (Lipinski definition) is 2. The number of aromatic nitrogens is 1. The van der Waals surface area contributed by atoms with Gasteiger partial charge in [-0.1, -0.05) is 18.2 Å². The molecule has 0 aliphatic rings. The predicted molar refractivity (Wildman–Crippen MR) is 75.9 cm³/mol. The van der Waals surface area contributed by atoms with Gasteiger partial charge in [-0.2, -0.15) is 0 Å². The number of benzene rings is 1. The van der Waals surface area contributed by atoms with Gasteiger partial charge in [-0.05, 0) is 25.0 Å². The number of amides is 1.